The number of aryl methyl sites for hydroxylation is 1. The lowest BCUT2D eigenvalue weighted by Crippen LogP contribution is -2.28. The summed E-state index contributed by atoms with van der Waals surface area (Å²) in [6, 6.07) is 12.4. The summed E-state index contributed by atoms with van der Waals surface area (Å²) in [5, 5.41) is 7.17. The minimum Gasteiger partial charge on any atom is -0.323 e. The Balaban J connectivity index is 1.68. The van der Waals surface area contributed by atoms with Crippen molar-refractivity contribution in [3.8, 4) is 10.7 Å². The van der Waals surface area contributed by atoms with E-state index in [2.05, 4.69) is 44.5 Å². The van der Waals surface area contributed by atoms with Gasteiger partial charge in [0.15, 0.2) is 11.0 Å². The van der Waals surface area contributed by atoms with Gasteiger partial charge in [0.25, 0.3) is 0 Å². The summed E-state index contributed by atoms with van der Waals surface area (Å²) in [4.78, 5) is 10.7. The van der Waals surface area contributed by atoms with Gasteiger partial charge in [-0.15, -0.1) is 11.3 Å². The van der Waals surface area contributed by atoms with Crippen LogP contribution in [-0.2, 0) is 6.54 Å². The molecule has 1 saturated heterocycles. The molecule has 1 fully saturated rings. The van der Waals surface area contributed by atoms with E-state index >= 15 is 0 Å². The van der Waals surface area contributed by atoms with Gasteiger partial charge < -0.3 is 9.88 Å². The number of hydrogen-bond donors (Lipinski definition) is 1. The van der Waals surface area contributed by atoms with E-state index in [1.54, 1.807) is 11.3 Å². The van der Waals surface area contributed by atoms with E-state index in [9.17, 15) is 0 Å². The van der Waals surface area contributed by atoms with Gasteiger partial charge in [-0.05, 0) is 55.8 Å². The van der Waals surface area contributed by atoms with Crippen molar-refractivity contribution in [1.29, 1.82) is 0 Å². The molecule has 138 valence electrons. The summed E-state index contributed by atoms with van der Waals surface area (Å²) < 4.78 is 2.37. The van der Waals surface area contributed by atoms with E-state index in [-0.39, 0.29) is 0 Å². The Hall–Kier alpha value is -1.95. The summed E-state index contributed by atoms with van der Waals surface area (Å²) >= 11 is 8.26. The molecule has 5 rings (SSSR count). The molecule has 0 atom stereocenters. The fourth-order valence-electron chi connectivity index (χ4n) is 4.09. The number of benzene rings is 1. The van der Waals surface area contributed by atoms with Gasteiger partial charge in [0.05, 0.1) is 15.9 Å². The first-order chi connectivity index (χ1) is 13.3. The molecule has 3 aromatic heterocycles. The number of halogens is 1. The lowest BCUT2D eigenvalue weighted by atomic mass is 9.94. The van der Waals surface area contributed by atoms with Gasteiger partial charge in [0.2, 0.25) is 0 Å². The zero-order chi connectivity index (χ0) is 18.2. The fraction of sp³-hybridized carbons (Fsp3) is 0.333. The van der Waals surface area contributed by atoms with Gasteiger partial charge in [-0.2, -0.15) is 0 Å². The Morgan fingerprint density at radius 1 is 1.11 bits per heavy atom. The average Bonchev–Trinajstić information content (AvgIpc) is 3.35. The highest BCUT2D eigenvalue weighted by Crippen LogP contribution is 2.35. The SMILES string of the molecule is Clc1nc2ccccc2c2c1nc(-c1cccs1)n2CCC1CCNCC1. The summed E-state index contributed by atoms with van der Waals surface area (Å²) in [5.41, 5.74) is 2.85. The first-order valence-electron chi connectivity index (χ1n) is 9.50. The van der Waals surface area contributed by atoms with E-state index in [1.807, 2.05) is 12.1 Å². The predicted molar refractivity (Wildman–Crippen MR) is 114 cm³/mol. The Morgan fingerprint density at radius 3 is 2.78 bits per heavy atom. The first-order valence-corrected chi connectivity index (χ1v) is 10.8. The van der Waals surface area contributed by atoms with Gasteiger partial charge in [-0.1, -0.05) is 35.9 Å². The van der Waals surface area contributed by atoms with Crippen LogP contribution in [0.15, 0.2) is 41.8 Å². The van der Waals surface area contributed by atoms with Crippen LogP contribution in [0.1, 0.15) is 19.3 Å². The Kier molecular flexibility index (Phi) is 4.60. The van der Waals surface area contributed by atoms with Crippen LogP contribution in [0, 0.1) is 5.92 Å². The molecule has 0 unspecified atom stereocenters. The lowest BCUT2D eigenvalue weighted by molar-refractivity contribution is 0.340. The van der Waals surface area contributed by atoms with E-state index < -0.39 is 0 Å². The van der Waals surface area contributed by atoms with Crippen LogP contribution in [0.25, 0.3) is 32.6 Å². The van der Waals surface area contributed by atoms with Crippen LogP contribution in [0.2, 0.25) is 5.15 Å². The Labute approximate surface area is 167 Å². The molecule has 4 nitrogen and oxygen atoms in total. The maximum atomic E-state index is 6.54. The molecule has 6 heteroatoms. The van der Waals surface area contributed by atoms with E-state index in [0.29, 0.717) is 5.15 Å². The number of para-hydroxylation sites is 1. The average molecular weight is 397 g/mol. The van der Waals surface area contributed by atoms with E-state index in [4.69, 9.17) is 16.6 Å². The third-order valence-corrected chi connectivity index (χ3v) is 6.63. The fourth-order valence-corrected chi connectivity index (χ4v) is 5.04. The number of rotatable bonds is 4. The molecule has 4 heterocycles. The van der Waals surface area contributed by atoms with Crippen LogP contribution in [-0.4, -0.2) is 27.6 Å². The van der Waals surface area contributed by atoms with Crippen molar-refractivity contribution in [3.05, 3.63) is 46.9 Å². The largest absolute Gasteiger partial charge is 0.323 e. The molecular formula is C21H21ClN4S. The lowest BCUT2D eigenvalue weighted by Gasteiger charge is -2.23. The van der Waals surface area contributed by atoms with Crippen LogP contribution in [0.4, 0.5) is 0 Å². The van der Waals surface area contributed by atoms with Crippen molar-refractivity contribution < 1.29 is 0 Å². The quantitative estimate of drug-likeness (QED) is 0.472. The molecule has 0 amide bonds. The molecule has 1 N–H and O–H groups in total. The zero-order valence-corrected chi connectivity index (χ0v) is 16.6. The minimum absolute atomic E-state index is 0.488. The van der Waals surface area contributed by atoms with Gasteiger partial charge >= 0.3 is 0 Å². The number of nitrogens with zero attached hydrogens (tertiary/aromatic N) is 3. The second-order valence-electron chi connectivity index (χ2n) is 7.16. The smallest absolute Gasteiger partial charge is 0.157 e. The molecule has 27 heavy (non-hydrogen) atoms. The molecule has 1 aliphatic heterocycles. The number of hydrogen-bond acceptors (Lipinski definition) is 4. The molecule has 1 aliphatic rings. The topological polar surface area (TPSA) is 42.7 Å². The van der Waals surface area contributed by atoms with Crippen molar-refractivity contribution in [1.82, 2.24) is 19.9 Å². The normalized spacial score (nSPS) is 15.7. The molecule has 0 spiro atoms. The molecule has 0 aliphatic carbocycles. The molecule has 0 bridgehead atoms. The predicted octanol–water partition coefficient (Wildman–Crippen LogP) is 5.36. The third-order valence-electron chi connectivity index (χ3n) is 5.50. The number of thiophene rings is 1. The van der Waals surface area contributed by atoms with Crippen molar-refractivity contribution in [3.63, 3.8) is 0 Å². The number of aromatic nitrogens is 3. The monoisotopic (exact) mass is 396 g/mol. The zero-order valence-electron chi connectivity index (χ0n) is 15.0. The Morgan fingerprint density at radius 2 is 1.96 bits per heavy atom. The van der Waals surface area contributed by atoms with Crippen molar-refractivity contribution in [2.45, 2.75) is 25.8 Å². The van der Waals surface area contributed by atoms with Gasteiger partial charge in [0.1, 0.15) is 5.52 Å². The summed E-state index contributed by atoms with van der Waals surface area (Å²) in [5.74, 6) is 1.78. The number of imidazole rings is 1. The van der Waals surface area contributed by atoms with Crippen LogP contribution < -0.4 is 5.32 Å². The van der Waals surface area contributed by atoms with E-state index in [1.165, 1.54) is 24.1 Å². The highest BCUT2D eigenvalue weighted by atomic mass is 35.5. The van der Waals surface area contributed by atoms with Gasteiger partial charge in [-0.25, -0.2) is 9.97 Å². The number of fused-ring (bicyclic) bond motifs is 3. The standard InChI is InChI=1S/C21H21ClN4S/c22-20-18-19(15-4-1-2-5-16(15)24-20)26(12-9-14-7-10-23-11-8-14)21(25-18)17-6-3-13-27-17/h1-6,13-14,23H,7-12H2. The highest BCUT2D eigenvalue weighted by molar-refractivity contribution is 7.13. The van der Waals surface area contributed by atoms with E-state index in [0.717, 1.165) is 53.3 Å². The molecule has 0 radical (unpaired) electrons. The molecule has 0 saturated carbocycles. The number of piperidine rings is 1. The van der Waals surface area contributed by atoms with Gasteiger partial charge in [0, 0.05) is 11.9 Å². The maximum absolute atomic E-state index is 6.54. The van der Waals surface area contributed by atoms with Crippen LogP contribution in [0.5, 0.6) is 0 Å². The summed E-state index contributed by atoms with van der Waals surface area (Å²) in [6.45, 7) is 3.22. The van der Waals surface area contributed by atoms with Crippen LogP contribution in [0.3, 0.4) is 0 Å². The summed E-state index contributed by atoms with van der Waals surface area (Å²) in [7, 11) is 0. The number of pyridine rings is 1. The molecular weight excluding hydrogens is 376 g/mol. The van der Waals surface area contributed by atoms with Crippen molar-refractivity contribution in [2.24, 2.45) is 5.92 Å². The summed E-state index contributed by atoms with van der Waals surface area (Å²) in [6.07, 6.45) is 3.67. The van der Waals surface area contributed by atoms with Crippen LogP contribution >= 0.6 is 22.9 Å². The van der Waals surface area contributed by atoms with Gasteiger partial charge in [-0.3, -0.25) is 0 Å². The Bertz CT molecular complexity index is 1080. The highest BCUT2D eigenvalue weighted by Gasteiger charge is 2.20. The third kappa shape index (κ3) is 3.14. The maximum Gasteiger partial charge on any atom is 0.157 e. The van der Waals surface area contributed by atoms with Crippen molar-refractivity contribution in [2.75, 3.05) is 13.1 Å². The molecule has 4 aromatic rings. The van der Waals surface area contributed by atoms with Crippen molar-refractivity contribution >= 4 is 44.9 Å². The second-order valence-corrected chi connectivity index (χ2v) is 8.47. The minimum atomic E-state index is 0.488. The molecule has 1 aromatic carbocycles. The second kappa shape index (κ2) is 7.23. The number of nitrogens with one attached hydrogen (secondary N) is 1. The first kappa shape index (κ1) is 17.2.